The van der Waals surface area contributed by atoms with Crippen LogP contribution >= 0.6 is 0 Å². The van der Waals surface area contributed by atoms with Crippen molar-refractivity contribution in [3.63, 3.8) is 0 Å². The smallest absolute Gasteiger partial charge is 0.410 e. The Labute approximate surface area is 147 Å². The standard InChI is InChI=1S/C18H14F3N3O2/c1-12-15(18(19,20)21)23-24(13-8-4-2-5-9-13)16(12)22-17(25)26-14-10-6-3-7-11-14/h2-11H,1H3,(H,22,25). The van der Waals surface area contributed by atoms with Crippen LogP contribution in [0.4, 0.5) is 23.8 Å². The SMILES string of the molecule is Cc1c(C(F)(F)F)nn(-c2ccccc2)c1NC(=O)Oc1ccccc1. The lowest BCUT2D eigenvalue weighted by molar-refractivity contribution is -0.141. The molecule has 0 saturated carbocycles. The number of hydrogen-bond acceptors (Lipinski definition) is 3. The minimum atomic E-state index is -4.65. The molecular weight excluding hydrogens is 347 g/mol. The van der Waals surface area contributed by atoms with Crippen LogP contribution in [0.5, 0.6) is 5.75 Å². The maximum Gasteiger partial charge on any atom is 0.435 e. The highest BCUT2D eigenvalue weighted by Gasteiger charge is 2.38. The molecule has 1 aromatic heterocycles. The van der Waals surface area contributed by atoms with Gasteiger partial charge in [-0.25, -0.2) is 9.48 Å². The van der Waals surface area contributed by atoms with Gasteiger partial charge in [-0.1, -0.05) is 36.4 Å². The summed E-state index contributed by atoms with van der Waals surface area (Å²) in [4.78, 5) is 12.1. The molecule has 0 aliphatic heterocycles. The second-order valence-electron chi connectivity index (χ2n) is 5.39. The van der Waals surface area contributed by atoms with Crippen LogP contribution < -0.4 is 10.1 Å². The van der Waals surface area contributed by atoms with Gasteiger partial charge in [-0.3, -0.25) is 5.32 Å². The predicted octanol–water partition coefficient (Wildman–Crippen LogP) is 4.81. The van der Waals surface area contributed by atoms with Crippen LogP contribution in [-0.2, 0) is 6.18 Å². The zero-order valence-corrected chi connectivity index (χ0v) is 13.6. The first-order valence-electron chi connectivity index (χ1n) is 7.62. The molecule has 2 aromatic carbocycles. The van der Waals surface area contributed by atoms with Crippen molar-refractivity contribution in [2.75, 3.05) is 5.32 Å². The van der Waals surface area contributed by atoms with E-state index in [2.05, 4.69) is 10.4 Å². The van der Waals surface area contributed by atoms with Gasteiger partial charge >= 0.3 is 12.3 Å². The number of halogens is 3. The Morgan fingerprint density at radius 2 is 1.62 bits per heavy atom. The van der Waals surface area contributed by atoms with Gasteiger partial charge in [-0.15, -0.1) is 0 Å². The van der Waals surface area contributed by atoms with Crippen molar-refractivity contribution in [3.8, 4) is 11.4 Å². The van der Waals surface area contributed by atoms with Gasteiger partial charge in [0.05, 0.1) is 5.69 Å². The first kappa shape index (κ1) is 17.5. The molecule has 0 atom stereocenters. The summed E-state index contributed by atoms with van der Waals surface area (Å²) in [6.07, 6.45) is -5.56. The molecule has 26 heavy (non-hydrogen) atoms. The van der Waals surface area contributed by atoms with Crippen LogP contribution in [0.15, 0.2) is 60.7 Å². The molecule has 5 nitrogen and oxygen atoms in total. The topological polar surface area (TPSA) is 56.2 Å². The van der Waals surface area contributed by atoms with Crippen LogP contribution in [0.2, 0.25) is 0 Å². The molecule has 1 amide bonds. The first-order chi connectivity index (χ1) is 12.4. The summed E-state index contributed by atoms with van der Waals surface area (Å²) in [5.74, 6) is 0.161. The number of anilines is 1. The summed E-state index contributed by atoms with van der Waals surface area (Å²) in [6, 6.07) is 16.4. The Bertz CT molecular complexity index is 907. The zero-order chi connectivity index (χ0) is 18.7. The molecule has 3 rings (SSSR count). The Balaban J connectivity index is 1.97. The molecule has 0 unspecified atom stereocenters. The molecule has 0 radical (unpaired) electrons. The van der Waals surface area contributed by atoms with Crippen molar-refractivity contribution < 1.29 is 22.7 Å². The van der Waals surface area contributed by atoms with Crippen molar-refractivity contribution in [2.24, 2.45) is 0 Å². The third kappa shape index (κ3) is 3.69. The quantitative estimate of drug-likeness (QED) is 0.728. The van der Waals surface area contributed by atoms with E-state index in [1.807, 2.05) is 0 Å². The fourth-order valence-corrected chi connectivity index (χ4v) is 2.39. The molecular formula is C18H14F3N3O2. The number of nitrogens with zero attached hydrogens (tertiary/aromatic N) is 2. The van der Waals surface area contributed by atoms with E-state index < -0.39 is 18.0 Å². The number of rotatable bonds is 3. The van der Waals surface area contributed by atoms with Gasteiger partial charge in [0, 0.05) is 5.56 Å². The summed E-state index contributed by atoms with van der Waals surface area (Å²) in [6.45, 7) is 1.24. The van der Waals surface area contributed by atoms with Crippen molar-refractivity contribution in [2.45, 2.75) is 13.1 Å². The minimum Gasteiger partial charge on any atom is -0.410 e. The van der Waals surface area contributed by atoms with Gasteiger partial charge in [0.15, 0.2) is 5.69 Å². The maximum atomic E-state index is 13.2. The third-order valence-corrected chi connectivity index (χ3v) is 3.57. The Hall–Kier alpha value is -3.29. The van der Waals surface area contributed by atoms with Crippen molar-refractivity contribution in [1.29, 1.82) is 0 Å². The summed E-state index contributed by atoms with van der Waals surface area (Å²) in [5.41, 5.74) is -0.899. The van der Waals surface area contributed by atoms with Gasteiger partial charge in [0.2, 0.25) is 0 Å². The predicted molar refractivity (Wildman–Crippen MR) is 89.4 cm³/mol. The number of para-hydroxylation sites is 2. The number of hydrogen-bond donors (Lipinski definition) is 1. The number of ether oxygens (including phenoxy) is 1. The van der Waals surface area contributed by atoms with Crippen molar-refractivity contribution in [3.05, 3.63) is 71.9 Å². The lowest BCUT2D eigenvalue weighted by Gasteiger charge is -2.10. The second-order valence-corrected chi connectivity index (χ2v) is 5.39. The van der Waals surface area contributed by atoms with Crippen LogP contribution in [0.3, 0.4) is 0 Å². The third-order valence-electron chi connectivity index (χ3n) is 3.57. The van der Waals surface area contributed by atoms with E-state index in [-0.39, 0.29) is 17.1 Å². The van der Waals surface area contributed by atoms with E-state index in [4.69, 9.17) is 4.74 Å². The average Bonchev–Trinajstić information content (AvgIpc) is 2.93. The van der Waals surface area contributed by atoms with Crippen LogP contribution in [0, 0.1) is 6.92 Å². The van der Waals surface area contributed by atoms with E-state index in [1.54, 1.807) is 60.7 Å². The highest BCUT2D eigenvalue weighted by molar-refractivity contribution is 5.86. The van der Waals surface area contributed by atoms with E-state index in [0.29, 0.717) is 5.69 Å². The Kier molecular flexibility index (Phi) is 4.66. The van der Waals surface area contributed by atoms with E-state index in [1.165, 1.54) is 6.92 Å². The van der Waals surface area contributed by atoms with Gasteiger partial charge in [-0.2, -0.15) is 18.3 Å². The Morgan fingerprint density at radius 3 is 2.19 bits per heavy atom. The summed E-state index contributed by atoms with van der Waals surface area (Å²) >= 11 is 0. The molecule has 0 aliphatic rings. The average molecular weight is 361 g/mol. The largest absolute Gasteiger partial charge is 0.435 e. The fourth-order valence-electron chi connectivity index (χ4n) is 2.39. The van der Waals surface area contributed by atoms with Crippen molar-refractivity contribution >= 4 is 11.9 Å². The van der Waals surface area contributed by atoms with E-state index in [0.717, 1.165) is 4.68 Å². The number of carbonyl (C=O) groups is 1. The fraction of sp³-hybridized carbons (Fsp3) is 0.111. The second kappa shape index (κ2) is 6.91. The number of benzene rings is 2. The van der Waals surface area contributed by atoms with Gasteiger partial charge in [-0.05, 0) is 31.2 Å². The summed E-state index contributed by atoms with van der Waals surface area (Å²) in [5, 5.41) is 5.99. The molecule has 134 valence electrons. The number of carbonyl (C=O) groups excluding carboxylic acids is 1. The van der Waals surface area contributed by atoms with Gasteiger partial charge in [0.25, 0.3) is 0 Å². The first-order valence-corrected chi connectivity index (χ1v) is 7.62. The number of nitrogens with one attached hydrogen (secondary N) is 1. The minimum absolute atomic E-state index is 0.107. The molecule has 1 N–H and O–H groups in total. The van der Waals surface area contributed by atoms with Gasteiger partial charge in [0.1, 0.15) is 11.6 Å². The molecule has 0 saturated heterocycles. The molecule has 0 fully saturated rings. The van der Waals surface area contributed by atoms with E-state index >= 15 is 0 Å². The normalized spacial score (nSPS) is 11.2. The van der Waals surface area contributed by atoms with E-state index in [9.17, 15) is 18.0 Å². The Morgan fingerprint density at radius 1 is 1.04 bits per heavy atom. The molecule has 3 aromatic rings. The van der Waals surface area contributed by atoms with Crippen LogP contribution in [-0.4, -0.2) is 15.9 Å². The lowest BCUT2D eigenvalue weighted by Crippen LogP contribution is -2.19. The highest BCUT2D eigenvalue weighted by atomic mass is 19.4. The molecule has 1 heterocycles. The van der Waals surface area contributed by atoms with Gasteiger partial charge < -0.3 is 4.74 Å². The van der Waals surface area contributed by atoms with Crippen LogP contribution in [0.25, 0.3) is 5.69 Å². The monoisotopic (exact) mass is 361 g/mol. The number of amides is 1. The summed E-state index contributed by atoms with van der Waals surface area (Å²) in [7, 11) is 0. The van der Waals surface area contributed by atoms with Crippen molar-refractivity contribution in [1.82, 2.24) is 9.78 Å². The molecule has 0 spiro atoms. The highest BCUT2D eigenvalue weighted by Crippen LogP contribution is 2.35. The lowest BCUT2D eigenvalue weighted by atomic mass is 10.2. The molecule has 8 heteroatoms. The molecule has 0 aliphatic carbocycles. The zero-order valence-electron chi connectivity index (χ0n) is 13.6. The summed E-state index contributed by atoms with van der Waals surface area (Å²) < 4.78 is 45.8. The molecule has 0 bridgehead atoms. The van der Waals surface area contributed by atoms with Crippen LogP contribution in [0.1, 0.15) is 11.3 Å². The number of aromatic nitrogens is 2. The number of alkyl halides is 3. The maximum absolute atomic E-state index is 13.2.